The van der Waals surface area contributed by atoms with Gasteiger partial charge in [0.15, 0.2) is 0 Å². The van der Waals surface area contributed by atoms with Crippen LogP contribution in [-0.2, 0) is 6.18 Å². The van der Waals surface area contributed by atoms with Crippen LogP contribution in [0.5, 0.6) is 0 Å². The van der Waals surface area contributed by atoms with E-state index in [0.717, 1.165) is 11.5 Å². The number of alkyl halides is 3. The Morgan fingerprint density at radius 1 is 1.53 bits per heavy atom. The third kappa shape index (κ3) is 3.86. The quantitative estimate of drug-likeness (QED) is 0.900. The summed E-state index contributed by atoms with van der Waals surface area (Å²) in [6.45, 7) is 2.55. The van der Waals surface area contributed by atoms with Crippen molar-refractivity contribution in [3.05, 3.63) is 5.82 Å². The molecule has 1 aromatic heterocycles. The second-order valence-electron chi connectivity index (χ2n) is 2.85. The van der Waals surface area contributed by atoms with Gasteiger partial charge in [-0.25, -0.2) is 0 Å². The molecule has 0 aliphatic carbocycles. The zero-order valence-electron chi connectivity index (χ0n) is 8.13. The van der Waals surface area contributed by atoms with Gasteiger partial charge in [-0.05, 0) is 6.26 Å². The topological polar surface area (TPSA) is 37.8 Å². The van der Waals surface area contributed by atoms with Gasteiger partial charge >= 0.3 is 6.18 Å². The maximum Gasteiger partial charge on any atom is 0.452 e. The summed E-state index contributed by atoms with van der Waals surface area (Å²) < 4.78 is 39.6. The average molecular weight is 257 g/mol. The maximum absolute atomic E-state index is 12.1. The van der Waals surface area contributed by atoms with E-state index < -0.39 is 12.0 Å². The summed E-state index contributed by atoms with van der Waals surface area (Å²) in [5.74, 6) is -1.08. The first-order valence-electron chi connectivity index (χ1n) is 4.11. The number of nitrogens with one attached hydrogen (secondary N) is 1. The van der Waals surface area contributed by atoms with E-state index in [-0.39, 0.29) is 5.13 Å². The van der Waals surface area contributed by atoms with Gasteiger partial charge in [-0.1, -0.05) is 6.92 Å². The molecule has 1 unspecified atom stereocenters. The fourth-order valence-electron chi connectivity index (χ4n) is 0.725. The zero-order valence-corrected chi connectivity index (χ0v) is 9.76. The molecule has 8 heteroatoms. The first-order valence-corrected chi connectivity index (χ1v) is 6.17. The summed E-state index contributed by atoms with van der Waals surface area (Å²) in [5, 5.41) is 3.35. The summed E-state index contributed by atoms with van der Waals surface area (Å²) in [6.07, 6.45) is -2.52. The van der Waals surface area contributed by atoms with Crippen LogP contribution in [0.3, 0.4) is 0 Å². The second-order valence-corrected chi connectivity index (χ2v) is 4.88. The number of nitrogens with zero attached hydrogens (tertiary/aromatic N) is 2. The highest BCUT2D eigenvalue weighted by Gasteiger charge is 2.36. The molecule has 0 bridgehead atoms. The van der Waals surface area contributed by atoms with E-state index in [0.29, 0.717) is 11.8 Å². The highest BCUT2D eigenvalue weighted by Crippen LogP contribution is 2.28. The van der Waals surface area contributed by atoms with Crippen LogP contribution in [0.1, 0.15) is 12.7 Å². The Bertz CT molecular complexity index is 313. The Morgan fingerprint density at radius 3 is 2.67 bits per heavy atom. The fourth-order valence-corrected chi connectivity index (χ4v) is 1.57. The summed E-state index contributed by atoms with van der Waals surface area (Å²) >= 11 is 2.36. The first kappa shape index (κ1) is 12.6. The highest BCUT2D eigenvalue weighted by atomic mass is 32.2. The lowest BCUT2D eigenvalue weighted by atomic mass is 10.5. The van der Waals surface area contributed by atoms with Gasteiger partial charge in [-0.3, -0.25) is 0 Å². The molecule has 15 heavy (non-hydrogen) atoms. The molecule has 0 fully saturated rings. The molecule has 0 aliphatic rings. The number of anilines is 1. The minimum Gasteiger partial charge on any atom is -0.359 e. The summed E-state index contributed by atoms with van der Waals surface area (Å²) in [6, 6.07) is 0. The SMILES string of the molecule is CSC(C)CNc1nc(C(F)(F)F)ns1. The second kappa shape index (κ2) is 5.02. The minimum absolute atomic E-state index is 0.211. The lowest BCUT2D eigenvalue weighted by Crippen LogP contribution is -2.13. The molecule has 0 aliphatic heterocycles. The van der Waals surface area contributed by atoms with Gasteiger partial charge in [0.05, 0.1) is 0 Å². The number of aromatic nitrogens is 2. The van der Waals surface area contributed by atoms with Crippen LogP contribution in [-0.4, -0.2) is 27.4 Å². The summed E-state index contributed by atoms with van der Waals surface area (Å²) in [4.78, 5) is 3.35. The molecular weight excluding hydrogens is 247 g/mol. The number of thioether (sulfide) groups is 1. The molecule has 0 saturated heterocycles. The standard InChI is InChI=1S/C7H10F3N3S2/c1-4(14-2)3-11-6-12-5(13-15-6)7(8,9)10/h4H,3H2,1-2H3,(H,11,12,13). The zero-order chi connectivity index (χ0) is 11.5. The van der Waals surface area contributed by atoms with Crippen molar-refractivity contribution >= 4 is 28.4 Å². The molecule has 86 valence electrons. The van der Waals surface area contributed by atoms with Gasteiger partial charge < -0.3 is 5.32 Å². The normalized spacial score (nSPS) is 13.9. The van der Waals surface area contributed by atoms with E-state index in [2.05, 4.69) is 14.7 Å². The third-order valence-corrected chi connectivity index (χ3v) is 3.27. The summed E-state index contributed by atoms with van der Waals surface area (Å²) in [7, 11) is 0. The van der Waals surface area contributed by atoms with Crippen molar-refractivity contribution in [2.24, 2.45) is 0 Å². The maximum atomic E-state index is 12.1. The van der Waals surface area contributed by atoms with Crippen molar-refractivity contribution in [3.63, 3.8) is 0 Å². The van der Waals surface area contributed by atoms with Crippen LogP contribution in [0, 0.1) is 0 Å². The van der Waals surface area contributed by atoms with Gasteiger partial charge in [0, 0.05) is 23.3 Å². The van der Waals surface area contributed by atoms with Crippen molar-refractivity contribution in [2.75, 3.05) is 18.1 Å². The Balaban J connectivity index is 2.54. The Kier molecular flexibility index (Phi) is 4.21. The van der Waals surface area contributed by atoms with Crippen molar-refractivity contribution in [1.82, 2.24) is 9.36 Å². The molecule has 1 N–H and O–H groups in total. The largest absolute Gasteiger partial charge is 0.452 e. The Hall–Kier alpha value is -0.500. The molecule has 0 amide bonds. The lowest BCUT2D eigenvalue weighted by molar-refractivity contribution is -0.144. The third-order valence-electron chi connectivity index (χ3n) is 1.62. The molecule has 0 aromatic carbocycles. The van der Waals surface area contributed by atoms with Gasteiger partial charge in [0.1, 0.15) is 0 Å². The van der Waals surface area contributed by atoms with Gasteiger partial charge in [0.25, 0.3) is 0 Å². The van der Waals surface area contributed by atoms with Crippen LogP contribution in [0.15, 0.2) is 0 Å². The smallest absolute Gasteiger partial charge is 0.359 e. The predicted octanol–water partition coefficient (Wildman–Crippen LogP) is 2.72. The molecule has 0 saturated carbocycles. The first-order chi connectivity index (χ1) is 6.93. The fraction of sp³-hybridized carbons (Fsp3) is 0.714. The van der Waals surface area contributed by atoms with Crippen LogP contribution < -0.4 is 5.32 Å². The van der Waals surface area contributed by atoms with Crippen LogP contribution in [0.25, 0.3) is 0 Å². The number of hydrogen-bond acceptors (Lipinski definition) is 5. The Labute approximate surface area is 93.6 Å². The van der Waals surface area contributed by atoms with Gasteiger partial charge in [0.2, 0.25) is 11.0 Å². The molecular formula is C7H10F3N3S2. The van der Waals surface area contributed by atoms with Crippen LogP contribution in [0.2, 0.25) is 0 Å². The van der Waals surface area contributed by atoms with Crippen molar-refractivity contribution < 1.29 is 13.2 Å². The van der Waals surface area contributed by atoms with Gasteiger partial charge in [-0.2, -0.15) is 34.3 Å². The van der Waals surface area contributed by atoms with E-state index in [1.807, 2.05) is 13.2 Å². The van der Waals surface area contributed by atoms with Crippen LogP contribution >= 0.6 is 23.3 Å². The monoisotopic (exact) mass is 257 g/mol. The van der Waals surface area contributed by atoms with E-state index in [1.165, 1.54) is 0 Å². The molecule has 1 aromatic rings. The van der Waals surface area contributed by atoms with E-state index in [1.54, 1.807) is 11.8 Å². The summed E-state index contributed by atoms with van der Waals surface area (Å²) in [5.41, 5.74) is 0. The molecule has 0 radical (unpaired) electrons. The number of halogens is 3. The van der Waals surface area contributed by atoms with Gasteiger partial charge in [-0.15, -0.1) is 0 Å². The van der Waals surface area contributed by atoms with Crippen molar-refractivity contribution in [2.45, 2.75) is 18.3 Å². The van der Waals surface area contributed by atoms with Crippen LogP contribution in [0.4, 0.5) is 18.3 Å². The lowest BCUT2D eigenvalue weighted by Gasteiger charge is -2.07. The van der Waals surface area contributed by atoms with E-state index in [4.69, 9.17) is 0 Å². The van der Waals surface area contributed by atoms with E-state index >= 15 is 0 Å². The predicted molar refractivity (Wildman–Crippen MR) is 56.4 cm³/mol. The molecule has 1 atom stereocenters. The molecule has 1 rings (SSSR count). The average Bonchev–Trinajstić information content (AvgIpc) is 2.61. The molecule has 1 heterocycles. The molecule has 0 spiro atoms. The van der Waals surface area contributed by atoms with E-state index in [9.17, 15) is 13.2 Å². The molecule has 3 nitrogen and oxygen atoms in total. The van der Waals surface area contributed by atoms with Crippen molar-refractivity contribution in [1.29, 1.82) is 0 Å². The van der Waals surface area contributed by atoms with Crippen molar-refractivity contribution in [3.8, 4) is 0 Å². The highest BCUT2D eigenvalue weighted by molar-refractivity contribution is 7.99. The minimum atomic E-state index is -4.46. The number of hydrogen-bond donors (Lipinski definition) is 1. The Morgan fingerprint density at radius 2 is 2.20 bits per heavy atom. The number of rotatable bonds is 4.